The summed E-state index contributed by atoms with van der Waals surface area (Å²) in [5.41, 5.74) is 4.20. The Balaban J connectivity index is 1.89. The Morgan fingerprint density at radius 3 is 2.79 bits per heavy atom. The van der Waals surface area contributed by atoms with Crippen molar-refractivity contribution in [1.82, 2.24) is 5.32 Å². The first-order chi connectivity index (χ1) is 9.36. The number of rotatable bonds is 3. The smallest absolute Gasteiger partial charge is 0.119 e. The van der Waals surface area contributed by atoms with Gasteiger partial charge in [0.25, 0.3) is 0 Å². The monoisotopic (exact) mass is 253 g/mol. The molecule has 19 heavy (non-hydrogen) atoms. The number of fused-ring (bicyclic) bond motifs is 1. The molecule has 2 aromatic carbocycles. The number of nitrogens with one attached hydrogen (secondary N) is 1. The number of benzene rings is 2. The van der Waals surface area contributed by atoms with Gasteiger partial charge in [0.15, 0.2) is 0 Å². The first kappa shape index (κ1) is 12.2. The van der Waals surface area contributed by atoms with Crippen molar-refractivity contribution in [2.45, 2.75) is 18.9 Å². The SMILES string of the molecule is COc1ccc2c(c1)C(Cc1ccccc1)NCC2. The molecule has 3 rings (SSSR count). The quantitative estimate of drug-likeness (QED) is 0.907. The lowest BCUT2D eigenvalue weighted by Crippen LogP contribution is -2.31. The molecule has 0 amide bonds. The van der Waals surface area contributed by atoms with Crippen molar-refractivity contribution in [3.63, 3.8) is 0 Å². The molecule has 0 fully saturated rings. The zero-order chi connectivity index (χ0) is 13.1. The highest BCUT2D eigenvalue weighted by molar-refractivity contribution is 5.40. The standard InChI is InChI=1S/C17H19NO/c1-19-15-8-7-14-9-10-18-17(16(14)12-15)11-13-5-3-2-4-6-13/h2-8,12,17-18H,9-11H2,1H3. The Hall–Kier alpha value is -1.80. The Kier molecular flexibility index (Phi) is 3.51. The van der Waals surface area contributed by atoms with E-state index in [4.69, 9.17) is 4.74 Å². The molecular formula is C17H19NO. The summed E-state index contributed by atoms with van der Waals surface area (Å²) in [5.74, 6) is 0.945. The van der Waals surface area contributed by atoms with Crippen LogP contribution in [-0.4, -0.2) is 13.7 Å². The molecule has 1 aliphatic rings. The van der Waals surface area contributed by atoms with E-state index in [0.717, 1.165) is 25.1 Å². The van der Waals surface area contributed by atoms with Crippen LogP contribution in [0.4, 0.5) is 0 Å². The summed E-state index contributed by atoms with van der Waals surface area (Å²) < 4.78 is 5.35. The van der Waals surface area contributed by atoms with Crippen LogP contribution in [0.5, 0.6) is 5.75 Å². The maximum atomic E-state index is 5.35. The fourth-order valence-corrected chi connectivity index (χ4v) is 2.77. The Morgan fingerprint density at radius 2 is 2.00 bits per heavy atom. The average molecular weight is 253 g/mol. The zero-order valence-electron chi connectivity index (χ0n) is 11.2. The maximum Gasteiger partial charge on any atom is 0.119 e. The molecule has 1 aliphatic heterocycles. The second-order valence-electron chi connectivity index (χ2n) is 5.01. The van der Waals surface area contributed by atoms with Gasteiger partial charge in [-0.3, -0.25) is 0 Å². The molecule has 2 nitrogen and oxygen atoms in total. The molecule has 0 saturated carbocycles. The first-order valence-electron chi connectivity index (χ1n) is 6.81. The van der Waals surface area contributed by atoms with Crippen molar-refractivity contribution < 1.29 is 4.74 Å². The third kappa shape index (κ3) is 2.64. The summed E-state index contributed by atoms with van der Waals surface area (Å²) in [5, 5.41) is 3.62. The summed E-state index contributed by atoms with van der Waals surface area (Å²) in [4.78, 5) is 0. The lowest BCUT2D eigenvalue weighted by molar-refractivity contribution is 0.411. The number of methoxy groups -OCH3 is 1. The van der Waals surface area contributed by atoms with E-state index in [2.05, 4.69) is 53.8 Å². The normalized spacial score (nSPS) is 17.8. The van der Waals surface area contributed by atoms with Crippen molar-refractivity contribution in [3.8, 4) is 5.75 Å². The molecule has 1 atom stereocenters. The highest BCUT2D eigenvalue weighted by atomic mass is 16.5. The summed E-state index contributed by atoms with van der Waals surface area (Å²) in [6, 6.07) is 17.5. The predicted octanol–water partition coefficient (Wildman–Crippen LogP) is 3.12. The minimum absolute atomic E-state index is 0.390. The summed E-state index contributed by atoms with van der Waals surface area (Å²) in [6.07, 6.45) is 2.13. The molecule has 2 heteroatoms. The van der Waals surface area contributed by atoms with Crippen LogP contribution in [0.1, 0.15) is 22.7 Å². The van der Waals surface area contributed by atoms with E-state index in [1.165, 1.54) is 16.7 Å². The lowest BCUT2D eigenvalue weighted by Gasteiger charge is -2.27. The minimum atomic E-state index is 0.390. The molecule has 0 radical (unpaired) electrons. The maximum absolute atomic E-state index is 5.35. The minimum Gasteiger partial charge on any atom is -0.497 e. The largest absolute Gasteiger partial charge is 0.497 e. The van der Waals surface area contributed by atoms with Gasteiger partial charge in [-0.05, 0) is 48.2 Å². The van der Waals surface area contributed by atoms with Crippen LogP contribution >= 0.6 is 0 Å². The Labute approximate surface area is 114 Å². The van der Waals surface area contributed by atoms with Gasteiger partial charge in [0.05, 0.1) is 7.11 Å². The van der Waals surface area contributed by atoms with Gasteiger partial charge < -0.3 is 10.1 Å². The fraction of sp³-hybridized carbons (Fsp3) is 0.294. The molecule has 0 spiro atoms. The van der Waals surface area contributed by atoms with Gasteiger partial charge in [-0.25, -0.2) is 0 Å². The van der Waals surface area contributed by atoms with Crippen LogP contribution in [-0.2, 0) is 12.8 Å². The van der Waals surface area contributed by atoms with Gasteiger partial charge in [-0.1, -0.05) is 36.4 Å². The van der Waals surface area contributed by atoms with E-state index < -0.39 is 0 Å². The molecule has 1 unspecified atom stereocenters. The molecule has 1 N–H and O–H groups in total. The van der Waals surface area contributed by atoms with Crippen molar-refractivity contribution in [3.05, 3.63) is 65.2 Å². The molecular weight excluding hydrogens is 234 g/mol. The van der Waals surface area contributed by atoms with Crippen molar-refractivity contribution in [1.29, 1.82) is 0 Å². The van der Waals surface area contributed by atoms with E-state index in [9.17, 15) is 0 Å². The second kappa shape index (κ2) is 5.45. The molecule has 0 aliphatic carbocycles. The predicted molar refractivity (Wildman–Crippen MR) is 77.6 cm³/mol. The molecule has 98 valence electrons. The third-order valence-electron chi connectivity index (χ3n) is 3.80. The van der Waals surface area contributed by atoms with Gasteiger partial charge in [0, 0.05) is 6.04 Å². The summed E-state index contributed by atoms with van der Waals surface area (Å²) in [7, 11) is 1.73. The van der Waals surface area contributed by atoms with Crippen LogP contribution in [0, 0.1) is 0 Å². The molecule has 0 saturated heterocycles. The third-order valence-corrected chi connectivity index (χ3v) is 3.80. The van der Waals surface area contributed by atoms with Gasteiger partial charge >= 0.3 is 0 Å². The summed E-state index contributed by atoms with van der Waals surface area (Å²) in [6.45, 7) is 1.05. The van der Waals surface area contributed by atoms with Crippen molar-refractivity contribution >= 4 is 0 Å². The fourth-order valence-electron chi connectivity index (χ4n) is 2.77. The molecule has 1 heterocycles. The number of hydrogen-bond donors (Lipinski definition) is 1. The van der Waals surface area contributed by atoms with E-state index in [1.807, 2.05) is 0 Å². The average Bonchev–Trinajstić information content (AvgIpc) is 2.48. The highest BCUT2D eigenvalue weighted by Gasteiger charge is 2.20. The van der Waals surface area contributed by atoms with E-state index in [-0.39, 0.29) is 0 Å². The van der Waals surface area contributed by atoms with Crippen molar-refractivity contribution in [2.75, 3.05) is 13.7 Å². The molecule has 0 bridgehead atoms. The second-order valence-corrected chi connectivity index (χ2v) is 5.01. The number of hydrogen-bond acceptors (Lipinski definition) is 2. The van der Waals surface area contributed by atoms with E-state index >= 15 is 0 Å². The zero-order valence-corrected chi connectivity index (χ0v) is 11.2. The highest BCUT2D eigenvalue weighted by Crippen LogP contribution is 2.29. The van der Waals surface area contributed by atoms with E-state index in [1.54, 1.807) is 7.11 Å². The topological polar surface area (TPSA) is 21.3 Å². The van der Waals surface area contributed by atoms with Crippen LogP contribution in [0.15, 0.2) is 48.5 Å². The van der Waals surface area contributed by atoms with Crippen molar-refractivity contribution in [2.24, 2.45) is 0 Å². The Bertz CT molecular complexity index is 550. The van der Waals surface area contributed by atoms with Gasteiger partial charge in [-0.2, -0.15) is 0 Å². The van der Waals surface area contributed by atoms with Crippen LogP contribution in [0.25, 0.3) is 0 Å². The van der Waals surface area contributed by atoms with Gasteiger partial charge in [-0.15, -0.1) is 0 Å². The van der Waals surface area contributed by atoms with Crippen LogP contribution in [0.3, 0.4) is 0 Å². The lowest BCUT2D eigenvalue weighted by atomic mass is 9.90. The van der Waals surface area contributed by atoms with Crippen LogP contribution < -0.4 is 10.1 Å². The Morgan fingerprint density at radius 1 is 1.16 bits per heavy atom. The summed E-state index contributed by atoms with van der Waals surface area (Å²) >= 11 is 0. The van der Waals surface area contributed by atoms with Crippen LogP contribution in [0.2, 0.25) is 0 Å². The number of ether oxygens (including phenoxy) is 1. The molecule has 0 aromatic heterocycles. The van der Waals surface area contributed by atoms with Gasteiger partial charge in [0.1, 0.15) is 5.75 Å². The first-order valence-corrected chi connectivity index (χ1v) is 6.81. The molecule has 2 aromatic rings. The van der Waals surface area contributed by atoms with E-state index in [0.29, 0.717) is 6.04 Å². The van der Waals surface area contributed by atoms with Gasteiger partial charge in [0.2, 0.25) is 0 Å².